The van der Waals surface area contributed by atoms with Gasteiger partial charge in [0.25, 0.3) is 5.91 Å². The predicted octanol–water partition coefficient (Wildman–Crippen LogP) is 1.44. The molecule has 0 unspecified atom stereocenters. The Labute approximate surface area is 126 Å². The van der Waals surface area contributed by atoms with E-state index in [-0.39, 0.29) is 17.0 Å². The number of amides is 4. The topological polar surface area (TPSA) is 83.7 Å². The highest BCUT2D eigenvalue weighted by Gasteiger charge is 2.59. The van der Waals surface area contributed by atoms with E-state index in [1.807, 2.05) is 0 Å². The van der Waals surface area contributed by atoms with Gasteiger partial charge in [0.15, 0.2) is 8.24 Å². The molecule has 0 spiro atoms. The fourth-order valence-corrected chi connectivity index (χ4v) is 5.00. The van der Waals surface area contributed by atoms with E-state index in [9.17, 15) is 14.4 Å². The molecule has 2 aliphatic heterocycles. The third kappa shape index (κ3) is 2.02. The van der Waals surface area contributed by atoms with E-state index in [1.54, 1.807) is 17.6 Å². The zero-order chi connectivity index (χ0) is 16.3. The van der Waals surface area contributed by atoms with Gasteiger partial charge in [-0.1, -0.05) is 39.9 Å². The van der Waals surface area contributed by atoms with Crippen LogP contribution in [0.15, 0.2) is 11.6 Å². The van der Waals surface area contributed by atoms with Crippen LogP contribution in [0.2, 0.25) is 18.1 Å². The normalized spacial score (nSPS) is 26.3. The highest BCUT2D eigenvalue weighted by molar-refractivity contribution is 6.80. The molecule has 2 bridgehead atoms. The third-order valence-electron chi connectivity index (χ3n) is 5.00. The van der Waals surface area contributed by atoms with Crippen LogP contribution in [0.3, 0.4) is 0 Å². The average Bonchev–Trinajstić information content (AvgIpc) is 2.47. The minimum Gasteiger partial charge on any atom is -0.368 e. The van der Waals surface area contributed by atoms with Crippen molar-refractivity contribution in [1.29, 1.82) is 0 Å². The molecule has 2 atom stereocenters. The molecule has 1 saturated heterocycles. The number of imide groups is 1. The lowest BCUT2D eigenvalue weighted by molar-refractivity contribution is -0.133. The van der Waals surface area contributed by atoms with Crippen molar-refractivity contribution < 1.29 is 14.4 Å². The maximum absolute atomic E-state index is 12.8. The van der Waals surface area contributed by atoms with Crippen LogP contribution in [0.1, 0.15) is 27.7 Å². The Hall–Kier alpha value is -1.63. The van der Waals surface area contributed by atoms with E-state index in [1.165, 1.54) is 0 Å². The fourth-order valence-electron chi connectivity index (χ4n) is 2.81. The van der Waals surface area contributed by atoms with E-state index in [0.29, 0.717) is 5.57 Å². The molecule has 2 aliphatic rings. The summed E-state index contributed by atoms with van der Waals surface area (Å²) in [6, 6.07) is -1.92. The van der Waals surface area contributed by atoms with Crippen molar-refractivity contribution in [2.75, 3.05) is 0 Å². The zero-order valence-corrected chi connectivity index (χ0v) is 14.4. The number of hydrogen-bond donors (Lipinski definition) is 1. The second-order valence-corrected chi connectivity index (χ2v) is 12.4. The van der Waals surface area contributed by atoms with Gasteiger partial charge in [0.05, 0.1) is 0 Å². The van der Waals surface area contributed by atoms with Crippen molar-refractivity contribution >= 4 is 26.1 Å². The smallest absolute Gasteiger partial charge is 0.320 e. The summed E-state index contributed by atoms with van der Waals surface area (Å²) in [5, 5.41) is -0.0918. The first-order valence-electron chi connectivity index (χ1n) is 7.05. The van der Waals surface area contributed by atoms with E-state index >= 15 is 0 Å². The maximum Gasteiger partial charge on any atom is 0.320 e. The molecule has 0 aromatic carbocycles. The van der Waals surface area contributed by atoms with Crippen LogP contribution < -0.4 is 5.73 Å². The Morgan fingerprint density at radius 2 is 1.81 bits per heavy atom. The first-order valence-corrected chi connectivity index (χ1v) is 10.00. The largest absolute Gasteiger partial charge is 0.368 e. The molecule has 0 radical (unpaired) electrons. The van der Waals surface area contributed by atoms with Gasteiger partial charge >= 0.3 is 6.03 Å². The summed E-state index contributed by atoms with van der Waals surface area (Å²) < 4.78 is 1.71. The maximum atomic E-state index is 12.8. The lowest BCUT2D eigenvalue weighted by Crippen LogP contribution is -2.58. The van der Waals surface area contributed by atoms with Gasteiger partial charge in [-0.25, -0.2) is 9.69 Å². The van der Waals surface area contributed by atoms with E-state index in [4.69, 9.17) is 5.73 Å². The highest BCUT2D eigenvalue weighted by atomic mass is 28.3. The zero-order valence-electron chi connectivity index (χ0n) is 13.4. The van der Waals surface area contributed by atoms with E-state index in [0.717, 1.165) is 4.90 Å². The van der Waals surface area contributed by atoms with Crippen LogP contribution >= 0.6 is 0 Å². The number of hydrogen-bond acceptors (Lipinski definition) is 3. The molecule has 7 heteroatoms. The number of primary amides is 1. The monoisotopic (exact) mass is 309 g/mol. The number of rotatable bonds is 2. The molecule has 6 nitrogen and oxygen atoms in total. The fraction of sp³-hybridized carbons (Fsp3) is 0.643. The number of carbonyl (C=O) groups is 3. The average molecular weight is 309 g/mol. The predicted molar refractivity (Wildman–Crippen MR) is 81.8 cm³/mol. The molecule has 1 fully saturated rings. The summed E-state index contributed by atoms with van der Waals surface area (Å²) in [5.41, 5.74) is 6.04. The molecule has 116 valence electrons. The lowest BCUT2D eigenvalue weighted by Gasteiger charge is -2.44. The van der Waals surface area contributed by atoms with E-state index in [2.05, 4.69) is 33.9 Å². The van der Waals surface area contributed by atoms with Crippen LogP contribution in [0.5, 0.6) is 0 Å². The molecule has 4 amide bonds. The minimum absolute atomic E-state index is 0.0918. The lowest BCUT2D eigenvalue weighted by atomic mass is 10.00. The number of urea groups is 1. The second-order valence-electron chi connectivity index (χ2n) is 7.33. The molecule has 0 aromatic rings. The first-order chi connectivity index (χ1) is 9.41. The second kappa shape index (κ2) is 4.43. The Morgan fingerprint density at radius 1 is 1.29 bits per heavy atom. The SMILES string of the molecule is CC1=C[C@@H]2C(=O)N(C(=O)N2[Si](C)(C)C(C)(C)C)[C@@H]1C(N)=O. The van der Waals surface area contributed by atoms with Crippen molar-refractivity contribution in [2.45, 2.75) is 57.9 Å². The molecule has 0 saturated carbocycles. The van der Waals surface area contributed by atoms with Gasteiger partial charge in [-0.2, -0.15) is 0 Å². The molecule has 2 heterocycles. The number of nitrogens with two attached hydrogens (primary N) is 1. The molecular formula is C14H23N3O3Si. The van der Waals surface area contributed by atoms with E-state index < -0.39 is 26.2 Å². The summed E-state index contributed by atoms with van der Waals surface area (Å²) in [6.45, 7) is 12.1. The van der Waals surface area contributed by atoms with Crippen molar-refractivity contribution in [1.82, 2.24) is 9.47 Å². The number of nitrogens with zero attached hydrogens (tertiary/aromatic N) is 2. The summed E-state index contributed by atoms with van der Waals surface area (Å²) in [4.78, 5) is 37.9. The summed E-state index contributed by atoms with van der Waals surface area (Å²) in [5.74, 6) is -1.000. The Balaban J connectivity index is 2.55. The van der Waals surface area contributed by atoms with Gasteiger partial charge in [-0.3, -0.25) is 9.59 Å². The molecule has 21 heavy (non-hydrogen) atoms. The molecule has 2 rings (SSSR count). The summed E-state index contributed by atoms with van der Waals surface area (Å²) >= 11 is 0. The summed E-state index contributed by atoms with van der Waals surface area (Å²) in [7, 11) is -2.23. The van der Waals surface area contributed by atoms with Crippen molar-refractivity contribution in [3.8, 4) is 0 Å². The van der Waals surface area contributed by atoms with Gasteiger partial charge in [0.2, 0.25) is 5.91 Å². The Bertz CT molecular complexity index is 562. The van der Waals surface area contributed by atoms with Crippen LogP contribution in [0, 0.1) is 0 Å². The number of carbonyl (C=O) groups excluding carboxylic acids is 3. The molecule has 0 aromatic heterocycles. The quantitative estimate of drug-likeness (QED) is 0.476. The van der Waals surface area contributed by atoms with Crippen LogP contribution in [-0.2, 0) is 9.59 Å². The van der Waals surface area contributed by atoms with Crippen molar-refractivity contribution in [2.24, 2.45) is 5.73 Å². The standard InChI is InChI=1S/C14H23N3O3Si/c1-8-7-9-12(19)16(10(8)11(15)18)13(20)17(9)21(5,6)14(2,3)4/h7,9-10H,1-6H3,(H2,15,18)/t9-,10+/m1/s1. The number of fused-ring (bicyclic) bond motifs is 2. The highest BCUT2D eigenvalue weighted by Crippen LogP contribution is 2.43. The Morgan fingerprint density at radius 3 is 2.24 bits per heavy atom. The van der Waals surface area contributed by atoms with Crippen LogP contribution in [-0.4, -0.2) is 47.6 Å². The van der Waals surface area contributed by atoms with Crippen molar-refractivity contribution in [3.05, 3.63) is 11.6 Å². The van der Waals surface area contributed by atoms with Gasteiger partial charge in [-0.15, -0.1) is 0 Å². The van der Waals surface area contributed by atoms with Crippen LogP contribution in [0.4, 0.5) is 4.79 Å². The van der Waals surface area contributed by atoms with Crippen molar-refractivity contribution in [3.63, 3.8) is 0 Å². The van der Waals surface area contributed by atoms with Gasteiger partial charge in [-0.05, 0) is 17.5 Å². The van der Waals surface area contributed by atoms with Gasteiger partial charge in [0, 0.05) is 0 Å². The Kier molecular flexibility index (Phi) is 3.32. The van der Waals surface area contributed by atoms with Gasteiger partial charge < -0.3 is 10.3 Å². The van der Waals surface area contributed by atoms with Crippen LogP contribution in [0.25, 0.3) is 0 Å². The molecular weight excluding hydrogens is 286 g/mol. The third-order valence-corrected chi connectivity index (χ3v) is 10.3. The molecule has 0 aliphatic carbocycles. The minimum atomic E-state index is -2.23. The summed E-state index contributed by atoms with van der Waals surface area (Å²) in [6.07, 6.45) is 1.72. The van der Waals surface area contributed by atoms with Gasteiger partial charge in [0.1, 0.15) is 12.1 Å². The first kappa shape index (κ1) is 15.8. The molecule has 2 N–H and O–H groups in total.